The van der Waals surface area contributed by atoms with Gasteiger partial charge >= 0.3 is 5.97 Å². The Hall–Kier alpha value is -3.47. The van der Waals surface area contributed by atoms with Crippen LogP contribution in [0.3, 0.4) is 0 Å². The first-order chi connectivity index (χ1) is 19.8. The summed E-state index contributed by atoms with van der Waals surface area (Å²) in [7, 11) is 0. The van der Waals surface area contributed by atoms with E-state index in [0.717, 1.165) is 16.5 Å². The molecule has 0 aliphatic carbocycles. The lowest BCUT2D eigenvalue weighted by atomic mass is 9.98. The molecule has 10 heteroatoms. The van der Waals surface area contributed by atoms with Crippen LogP contribution < -0.4 is 9.46 Å². The van der Waals surface area contributed by atoms with Gasteiger partial charge in [-0.15, -0.1) is 4.72 Å². The van der Waals surface area contributed by atoms with Gasteiger partial charge in [-0.05, 0) is 81.6 Å². The zero-order chi connectivity index (χ0) is 30.6. The number of rotatable bonds is 11. The van der Waals surface area contributed by atoms with Gasteiger partial charge in [0, 0.05) is 65.7 Å². The average molecular weight is 598 g/mol. The van der Waals surface area contributed by atoms with Crippen LogP contribution in [-0.2, 0) is 40.5 Å². The first kappa shape index (κ1) is 31.5. The highest BCUT2D eigenvalue weighted by molar-refractivity contribution is 7.90. The Bertz CT molecular complexity index is 1570. The molecule has 42 heavy (non-hydrogen) atoms. The maximum atomic E-state index is 15.9. The van der Waals surface area contributed by atoms with Gasteiger partial charge in [-0.25, -0.2) is 8.78 Å². The van der Waals surface area contributed by atoms with Gasteiger partial charge in [-0.2, -0.15) is 0 Å². The molecule has 1 unspecified atom stereocenters. The summed E-state index contributed by atoms with van der Waals surface area (Å²) in [6, 6.07) is 11.9. The van der Waals surface area contributed by atoms with Gasteiger partial charge in [0.1, 0.15) is 22.9 Å². The summed E-state index contributed by atoms with van der Waals surface area (Å²) in [4.78, 5) is 15.4. The minimum Gasteiger partial charge on any atom is -0.598 e. The SMILES string of the molecule is CC(=O)OCCc1ccc(F)cc1OCc1cc(-c2ccnc(CN[S+]([O-])C(C)(C)C)c2F)c2ccn(C(C)C)c2c1. The van der Waals surface area contributed by atoms with Crippen molar-refractivity contribution in [2.45, 2.75) is 71.9 Å². The highest BCUT2D eigenvalue weighted by Gasteiger charge is 2.27. The molecule has 0 amide bonds. The minimum atomic E-state index is -1.38. The number of hydrogen-bond acceptors (Lipinski definition) is 6. The number of ether oxygens (including phenoxy) is 2. The van der Waals surface area contributed by atoms with Crippen molar-refractivity contribution >= 4 is 28.2 Å². The van der Waals surface area contributed by atoms with Gasteiger partial charge < -0.3 is 18.6 Å². The van der Waals surface area contributed by atoms with E-state index in [1.807, 2.05) is 45.2 Å². The summed E-state index contributed by atoms with van der Waals surface area (Å²) in [6.45, 7) is 11.2. The second-order valence-electron chi connectivity index (χ2n) is 11.3. The predicted octanol–water partition coefficient (Wildman–Crippen LogP) is 6.80. The van der Waals surface area contributed by atoms with E-state index in [1.54, 1.807) is 18.3 Å². The van der Waals surface area contributed by atoms with Gasteiger partial charge in [0.25, 0.3) is 0 Å². The van der Waals surface area contributed by atoms with Crippen LogP contribution in [0.2, 0.25) is 0 Å². The lowest BCUT2D eigenvalue weighted by Crippen LogP contribution is -2.39. The van der Waals surface area contributed by atoms with Crippen molar-refractivity contribution in [3.8, 4) is 16.9 Å². The molecule has 2 aromatic carbocycles. The van der Waals surface area contributed by atoms with E-state index in [-0.39, 0.29) is 31.5 Å². The van der Waals surface area contributed by atoms with Crippen molar-refractivity contribution in [2.75, 3.05) is 6.61 Å². The highest BCUT2D eigenvalue weighted by atomic mass is 32.2. The Kier molecular flexibility index (Phi) is 9.91. The molecule has 0 bridgehead atoms. The smallest absolute Gasteiger partial charge is 0.302 e. The maximum Gasteiger partial charge on any atom is 0.302 e. The van der Waals surface area contributed by atoms with Gasteiger partial charge in [0.15, 0.2) is 5.82 Å². The second kappa shape index (κ2) is 13.2. The van der Waals surface area contributed by atoms with Crippen LogP contribution in [0.25, 0.3) is 22.0 Å². The molecule has 4 rings (SSSR count). The molecule has 224 valence electrons. The summed E-state index contributed by atoms with van der Waals surface area (Å²) >= 11 is -1.38. The van der Waals surface area contributed by atoms with Gasteiger partial charge in [-0.3, -0.25) is 9.78 Å². The van der Waals surface area contributed by atoms with Crippen LogP contribution in [0.5, 0.6) is 5.75 Å². The van der Waals surface area contributed by atoms with E-state index < -0.39 is 33.7 Å². The van der Waals surface area contributed by atoms with Crippen LogP contribution in [-0.4, -0.2) is 31.4 Å². The van der Waals surface area contributed by atoms with Crippen molar-refractivity contribution in [3.63, 3.8) is 0 Å². The number of halogens is 2. The summed E-state index contributed by atoms with van der Waals surface area (Å²) in [5, 5.41) is 0.863. The zero-order valence-corrected chi connectivity index (χ0v) is 25.6. The third-order valence-corrected chi connectivity index (χ3v) is 8.25. The Morgan fingerprint density at radius 2 is 1.88 bits per heavy atom. The maximum absolute atomic E-state index is 15.9. The first-order valence-corrected chi connectivity index (χ1v) is 15.0. The number of benzene rings is 2. The lowest BCUT2D eigenvalue weighted by Gasteiger charge is -2.23. The number of aromatic nitrogens is 2. The van der Waals surface area contributed by atoms with Crippen molar-refractivity contribution in [2.24, 2.45) is 0 Å². The molecule has 0 aliphatic heterocycles. The number of carbonyl (C=O) groups excluding carboxylic acids is 1. The number of fused-ring (bicyclic) bond motifs is 1. The Labute approximate surface area is 248 Å². The number of pyridine rings is 1. The van der Waals surface area contributed by atoms with Crippen molar-refractivity contribution < 1.29 is 27.6 Å². The molecule has 0 saturated carbocycles. The number of carbonyl (C=O) groups is 1. The Morgan fingerprint density at radius 3 is 2.57 bits per heavy atom. The van der Waals surface area contributed by atoms with E-state index in [9.17, 15) is 13.7 Å². The second-order valence-corrected chi connectivity index (χ2v) is 13.4. The molecule has 0 saturated heterocycles. The zero-order valence-electron chi connectivity index (χ0n) is 24.8. The third-order valence-electron chi connectivity index (χ3n) is 6.73. The van der Waals surface area contributed by atoms with Gasteiger partial charge in [0.05, 0.1) is 18.8 Å². The van der Waals surface area contributed by atoms with Crippen LogP contribution >= 0.6 is 0 Å². The van der Waals surface area contributed by atoms with E-state index in [4.69, 9.17) is 9.47 Å². The fourth-order valence-corrected chi connectivity index (χ4v) is 5.28. The molecule has 1 atom stereocenters. The van der Waals surface area contributed by atoms with Crippen molar-refractivity contribution in [1.82, 2.24) is 14.3 Å². The molecule has 7 nitrogen and oxygen atoms in total. The normalized spacial score (nSPS) is 12.6. The molecular weight excluding hydrogens is 560 g/mol. The summed E-state index contributed by atoms with van der Waals surface area (Å²) in [6.07, 6.45) is 3.89. The first-order valence-electron chi connectivity index (χ1n) is 13.8. The molecule has 4 aromatic rings. The van der Waals surface area contributed by atoms with Crippen LogP contribution in [0.15, 0.2) is 54.9 Å². The number of nitrogens with zero attached hydrogens (tertiary/aromatic N) is 2. The van der Waals surface area contributed by atoms with E-state index in [1.165, 1.54) is 19.1 Å². The monoisotopic (exact) mass is 597 g/mol. The molecule has 1 N–H and O–H groups in total. The minimum absolute atomic E-state index is 0.0121. The molecule has 0 radical (unpaired) electrons. The van der Waals surface area contributed by atoms with Crippen LogP contribution in [0, 0.1) is 11.6 Å². The average Bonchev–Trinajstić information content (AvgIpc) is 3.35. The van der Waals surface area contributed by atoms with Crippen LogP contribution in [0.1, 0.15) is 64.4 Å². The highest BCUT2D eigenvalue weighted by Crippen LogP contribution is 2.35. The van der Waals surface area contributed by atoms with Crippen molar-refractivity contribution in [1.29, 1.82) is 0 Å². The summed E-state index contributed by atoms with van der Waals surface area (Å²) in [5.41, 5.74) is 3.57. The van der Waals surface area contributed by atoms with Crippen molar-refractivity contribution in [3.05, 3.63) is 83.3 Å². The van der Waals surface area contributed by atoms with Gasteiger partial charge in [-0.1, -0.05) is 6.07 Å². The quantitative estimate of drug-likeness (QED) is 0.151. The fraction of sp³-hybridized carbons (Fsp3) is 0.375. The van der Waals surface area contributed by atoms with Crippen LogP contribution in [0.4, 0.5) is 8.78 Å². The van der Waals surface area contributed by atoms with E-state index in [2.05, 4.69) is 28.1 Å². The molecule has 0 aliphatic rings. The Balaban J connectivity index is 1.69. The Morgan fingerprint density at radius 1 is 1.12 bits per heavy atom. The molecule has 0 spiro atoms. The topological polar surface area (TPSA) is 88.4 Å². The molecule has 2 heterocycles. The standard InChI is InChI=1S/C32H37F2N3O4S/c1-20(2)37-13-10-25-27(26-9-12-35-28(31(26)34)18-36-42(39)32(4,5)6)15-22(16-29(25)37)19-41-30-17-24(33)8-7-23(30)11-14-40-21(3)38/h7-10,12-13,15-17,20,36H,11,14,18-19H2,1-6H3. The molecule has 0 fully saturated rings. The summed E-state index contributed by atoms with van der Waals surface area (Å²) in [5.74, 6) is -0.986. The number of hydrogen-bond donors (Lipinski definition) is 1. The number of nitrogens with one attached hydrogen (secondary N) is 1. The lowest BCUT2D eigenvalue weighted by molar-refractivity contribution is -0.140. The van der Waals surface area contributed by atoms with Gasteiger partial charge in [0.2, 0.25) is 0 Å². The molecular formula is C32H37F2N3O4S. The van der Waals surface area contributed by atoms with E-state index >= 15 is 4.39 Å². The largest absolute Gasteiger partial charge is 0.598 e. The fourth-order valence-electron chi connectivity index (χ4n) is 4.58. The van der Waals surface area contributed by atoms with E-state index in [0.29, 0.717) is 28.9 Å². The third kappa shape index (κ3) is 7.48. The summed E-state index contributed by atoms with van der Waals surface area (Å²) < 4.78 is 58.2. The number of esters is 1. The predicted molar refractivity (Wildman–Crippen MR) is 161 cm³/mol. The molecule has 2 aromatic heterocycles.